The summed E-state index contributed by atoms with van der Waals surface area (Å²) in [6.45, 7) is 8.10. The molecule has 2 atom stereocenters. The highest BCUT2D eigenvalue weighted by Gasteiger charge is 2.32. The van der Waals surface area contributed by atoms with Gasteiger partial charge in [-0.15, -0.1) is 0 Å². The summed E-state index contributed by atoms with van der Waals surface area (Å²) < 4.78 is 5.41. The predicted molar refractivity (Wildman–Crippen MR) is 91.3 cm³/mol. The smallest absolute Gasteiger partial charge is 0.320 e. The van der Waals surface area contributed by atoms with Crippen LogP contribution in [0, 0.1) is 0 Å². The fraction of sp³-hybridized carbons (Fsp3) is 0.944. The van der Waals surface area contributed by atoms with E-state index < -0.39 is 5.60 Å². The van der Waals surface area contributed by atoms with Crippen LogP contribution >= 0.6 is 0 Å². The van der Waals surface area contributed by atoms with Gasteiger partial charge in [0.2, 0.25) is 0 Å². The van der Waals surface area contributed by atoms with E-state index in [0.717, 1.165) is 45.2 Å². The van der Waals surface area contributed by atoms with Gasteiger partial charge < -0.3 is 9.84 Å². The summed E-state index contributed by atoms with van der Waals surface area (Å²) in [6, 6.07) is 0.778. The Labute approximate surface area is 141 Å². The van der Waals surface area contributed by atoms with E-state index in [2.05, 4.69) is 9.80 Å². The van der Waals surface area contributed by atoms with Gasteiger partial charge in [0.05, 0.1) is 12.6 Å². The van der Waals surface area contributed by atoms with Crippen LogP contribution in [0.4, 0.5) is 0 Å². The molecule has 0 aromatic carbocycles. The van der Waals surface area contributed by atoms with E-state index in [4.69, 9.17) is 4.74 Å². The van der Waals surface area contributed by atoms with Crippen LogP contribution in [0.3, 0.4) is 0 Å². The molecule has 5 heteroatoms. The summed E-state index contributed by atoms with van der Waals surface area (Å²) in [5.74, 6) is -0.148. The highest BCUT2D eigenvalue weighted by atomic mass is 16.6. The van der Waals surface area contributed by atoms with Crippen molar-refractivity contribution < 1.29 is 14.6 Å². The Morgan fingerprint density at radius 1 is 1.17 bits per heavy atom. The molecule has 0 bridgehead atoms. The fourth-order valence-corrected chi connectivity index (χ4v) is 3.88. The maximum Gasteiger partial charge on any atom is 0.320 e. The number of nitrogens with zero attached hydrogens (tertiary/aromatic N) is 2. The van der Waals surface area contributed by atoms with Crippen LogP contribution in [0.15, 0.2) is 0 Å². The number of aliphatic hydroxyl groups is 1. The zero-order valence-corrected chi connectivity index (χ0v) is 15.3. The molecular weight excluding hydrogens is 292 g/mol. The lowest BCUT2D eigenvalue weighted by Crippen LogP contribution is -2.52. The Kier molecular flexibility index (Phi) is 6.46. The summed E-state index contributed by atoms with van der Waals surface area (Å²) in [6.07, 6.45) is 6.43. The van der Waals surface area contributed by atoms with E-state index in [1.807, 2.05) is 27.8 Å². The van der Waals surface area contributed by atoms with E-state index in [0.29, 0.717) is 18.6 Å². The number of hydrogen-bond acceptors (Lipinski definition) is 5. The van der Waals surface area contributed by atoms with Crippen LogP contribution in [0.1, 0.15) is 59.3 Å². The van der Waals surface area contributed by atoms with Crippen LogP contribution in [0.5, 0.6) is 0 Å². The molecule has 0 radical (unpaired) electrons. The lowest BCUT2D eigenvalue weighted by atomic mass is 9.89. The van der Waals surface area contributed by atoms with Crippen LogP contribution in [0.2, 0.25) is 0 Å². The monoisotopic (exact) mass is 326 g/mol. The van der Waals surface area contributed by atoms with E-state index >= 15 is 0 Å². The van der Waals surface area contributed by atoms with Crippen molar-refractivity contribution in [3.63, 3.8) is 0 Å². The fourth-order valence-electron chi connectivity index (χ4n) is 3.88. The lowest BCUT2D eigenvalue weighted by molar-refractivity contribution is -0.156. The average molecular weight is 326 g/mol. The standard InChI is InChI=1S/C18H34N2O3/c1-18(2,3)23-17(22)13-19(4)14-9-11-20(12-10-14)15-7-5-6-8-16(15)21/h14-16,21H,5-13H2,1-4H3/t15-,16-/m1/s1. The number of carbonyl (C=O) groups is 1. The number of hydrogen-bond donors (Lipinski definition) is 1. The van der Waals surface area contributed by atoms with Crippen molar-refractivity contribution >= 4 is 5.97 Å². The Balaban J connectivity index is 1.76. The molecule has 2 aliphatic rings. The molecular formula is C18H34N2O3. The second kappa shape index (κ2) is 7.95. The molecule has 1 aliphatic heterocycles. The first-order valence-corrected chi connectivity index (χ1v) is 9.10. The number of rotatable bonds is 4. The molecule has 5 nitrogen and oxygen atoms in total. The highest BCUT2D eigenvalue weighted by Crippen LogP contribution is 2.26. The van der Waals surface area contributed by atoms with Crippen LogP contribution in [-0.4, -0.2) is 71.3 Å². The second-order valence-corrected chi connectivity index (χ2v) is 8.19. The van der Waals surface area contributed by atoms with Gasteiger partial charge in [0.15, 0.2) is 0 Å². The molecule has 0 amide bonds. The summed E-state index contributed by atoms with van der Waals surface area (Å²) in [7, 11) is 2.01. The van der Waals surface area contributed by atoms with Crippen molar-refractivity contribution in [2.45, 2.75) is 83.1 Å². The average Bonchev–Trinajstić information content (AvgIpc) is 2.46. The van der Waals surface area contributed by atoms with Crippen molar-refractivity contribution in [3.8, 4) is 0 Å². The first-order valence-electron chi connectivity index (χ1n) is 9.10. The van der Waals surface area contributed by atoms with E-state index in [-0.39, 0.29) is 12.1 Å². The zero-order valence-electron chi connectivity index (χ0n) is 15.3. The molecule has 2 fully saturated rings. The topological polar surface area (TPSA) is 53.0 Å². The Hall–Kier alpha value is -0.650. The van der Waals surface area contributed by atoms with Gasteiger partial charge in [-0.05, 0) is 53.5 Å². The maximum atomic E-state index is 12.0. The zero-order chi connectivity index (χ0) is 17.0. The summed E-state index contributed by atoms with van der Waals surface area (Å²) >= 11 is 0. The molecule has 0 aromatic rings. The number of aliphatic hydroxyl groups excluding tert-OH is 1. The molecule has 1 saturated carbocycles. The van der Waals surface area contributed by atoms with Crippen LogP contribution < -0.4 is 0 Å². The number of esters is 1. The molecule has 0 aromatic heterocycles. The van der Waals surface area contributed by atoms with E-state index in [1.54, 1.807) is 0 Å². The van der Waals surface area contributed by atoms with E-state index in [9.17, 15) is 9.90 Å². The molecule has 1 heterocycles. The molecule has 134 valence electrons. The van der Waals surface area contributed by atoms with Crippen LogP contribution in [0.25, 0.3) is 0 Å². The SMILES string of the molecule is CN(CC(=O)OC(C)(C)C)C1CCN([C@@H]2CCCC[C@H]2O)CC1. The summed E-state index contributed by atoms with van der Waals surface area (Å²) in [4.78, 5) is 16.5. The Bertz CT molecular complexity index is 386. The van der Waals surface area contributed by atoms with Crippen molar-refractivity contribution in [1.29, 1.82) is 0 Å². The number of likely N-dealkylation sites (N-methyl/N-ethyl adjacent to an activating group) is 1. The van der Waals surface area contributed by atoms with Crippen molar-refractivity contribution in [3.05, 3.63) is 0 Å². The summed E-state index contributed by atoms with van der Waals surface area (Å²) in [5.41, 5.74) is -0.418. The first kappa shape index (κ1) is 18.7. The van der Waals surface area contributed by atoms with Gasteiger partial charge in [0.25, 0.3) is 0 Å². The molecule has 0 unspecified atom stereocenters. The normalized spacial score (nSPS) is 28.1. The minimum Gasteiger partial charge on any atom is -0.459 e. The van der Waals surface area contributed by atoms with Gasteiger partial charge in [0.1, 0.15) is 5.60 Å². The van der Waals surface area contributed by atoms with E-state index in [1.165, 1.54) is 6.42 Å². The third kappa shape index (κ3) is 5.73. The molecule has 1 aliphatic carbocycles. The minimum absolute atomic E-state index is 0.148. The Morgan fingerprint density at radius 2 is 1.78 bits per heavy atom. The quantitative estimate of drug-likeness (QED) is 0.801. The van der Waals surface area contributed by atoms with Gasteiger partial charge in [-0.2, -0.15) is 0 Å². The van der Waals surface area contributed by atoms with Gasteiger partial charge in [-0.25, -0.2) is 0 Å². The number of ether oxygens (including phenoxy) is 1. The van der Waals surface area contributed by atoms with Gasteiger partial charge >= 0.3 is 5.97 Å². The van der Waals surface area contributed by atoms with Crippen molar-refractivity contribution in [2.75, 3.05) is 26.7 Å². The van der Waals surface area contributed by atoms with Crippen molar-refractivity contribution in [2.24, 2.45) is 0 Å². The molecule has 1 saturated heterocycles. The minimum atomic E-state index is -0.418. The third-order valence-electron chi connectivity index (χ3n) is 5.08. The molecule has 0 spiro atoms. The predicted octanol–water partition coefficient (Wildman–Crippen LogP) is 2.03. The number of piperidine rings is 1. The van der Waals surface area contributed by atoms with Crippen LogP contribution in [-0.2, 0) is 9.53 Å². The second-order valence-electron chi connectivity index (χ2n) is 8.19. The third-order valence-corrected chi connectivity index (χ3v) is 5.08. The maximum absolute atomic E-state index is 12.0. The van der Waals surface area contributed by atoms with Gasteiger partial charge in [0, 0.05) is 25.2 Å². The Morgan fingerprint density at radius 3 is 2.35 bits per heavy atom. The summed E-state index contributed by atoms with van der Waals surface area (Å²) in [5, 5.41) is 10.2. The number of carbonyl (C=O) groups excluding carboxylic acids is 1. The lowest BCUT2D eigenvalue weighted by Gasteiger charge is -2.43. The van der Waals surface area contributed by atoms with Crippen molar-refractivity contribution in [1.82, 2.24) is 9.80 Å². The largest absolute Gasteiger partial charge is 0.459 e. The van der Waals surface area contributed by atoms with Gasteiger partial charge in [-0.1, -0.05) is 12.8 Å². The van der Waals surface area contributed by atoms with Gasteiger partial charge in [-0.3, -0.25) is 14.6 Å². The molecule has 1 N–H and O–H groups in total. The highest BCUT2D eigenvalue weighted by molar-refractivity contribution is 5.72. The number of likely N-dealkylation sites (tertiary alicyclic amines) is 1. The first-order chi connectivity index (χ1) is 10.8. The molecule has 2 rings (SSSR count). The molecule has 23 heavy (non-hydrogen) atoms.